The second-order valence-corrected chi connectivity index (χ2v) is 4.36. The Morgan fingerprint density at radius 3 is 2.71 bits per heavy atom. The minimum Gasteiger partial charge on any atom is -0.496 e. The summed E-state index contributed by atoms with van der Waals surface area (Å²) in [5, 5.41) is 0.605. The van der Waals surface area contributed by atoms with Gasteiger partial charge in [0.1, 0.15) is 11.5 Å². The van der Waals surface area contributed by atoms with E-state index in [-0.39, 0.29) is 11.9 Å². The van der Waals surface area contributed by atoms with Crippen molar-refractivity contribution in [1.29, 1.82) is 0 Å². The first kappa shape index (κ1) is 14.0. The number of methoxy groups -OCH3 is 2. The highest BCUT2D eigenvalue weighted by molar-refractivity contribution is 6.30. The second kappa shape index (κ2) is 6.62. The summed E-state index contributed by atoms with van der Waals surface area (Å²) in [6, 6.07) is 5.27. The fraction of sp³-hybridized carbons (Fsp3) is 0.462. The Morgan fingerprint density at radius 2 is 2.12 bits per heavy atom. The number of ketones is 1. The monoisotopic (exact) mass is 256 g/mol. The molecule has 1 aromatic carbocycles. The number of halogens is 1. The molecule has 0 aliphatic rings. The molecular formula is C13H17ClO3. The van der Waals surface area contributed by atoms with Crippen molar-refractivity contribution in [1.82, 2.24) is 0 Å². The minimum absolute atomic E-state index is 0.0623. The van der Waals surface area contributed by atoms with Crippen molar-refractivity contribution in [2.24, 2.45) is 0 Å². The number of carbonyl (C=O) groups is 1. The van der Waals surface area contributed by atoms with Gasteiger partial charge in [0, 0.05) is 30.5 Å². The van der Waals surface area contributed by atoms with E-state index in [1.165, 1.54) is 0 Å². The van der Waals surface area contributed by atoms with Gasteiger partial charge in [-0.3, -0.25) is 4.79 Å². The number of hydrogen-bond acceptors (Lipinski definition) is 3. The summed E-state index contributed by atoms with van der Waals surface area (Å²) < 4.78 is 10.3. The van der Waals surface area contributed by atoms with Crippen molar-refractivity contribution < 1.29 is 14.3 Å². The van der Waals surface area contributed by atoms with Crippen LogP contribution in [0.25, 0.3) is 0 Å². The van der Waals surface area contributed by atoms with Gasteiger partial charge in [-0.15, -0.1) is 0 Å². The molecule has 0 aromatic heterocycles. The molecule has 0 aliphatic heterocycles. The minimum atomic E-state index is -0.0623. The van der Waals surface area contributed by atoms with Crippen molar-refractivity contribution in [3.63, 3.8) is 0 Å². The highest BCUT2D eigenvalue weighted by Crippen LogP contribution is 2.23. The van der Waals surface area contributed by atoms with Crippen LogP contribution in [0.4, 0.5) is 0 Å². The van der Waals surface area contributed by atoms with Gasteiger partial charge in [0.2, 0.25) is 0 Å². The largest absolute Gasteiger partial charge is 0.496 e. The molecule has 0 aliphatic carbocycles. The number of Topliss-reactive ketones (excluding diaryl/α,β-unsaturated/α-hetero) is 1. The van der Waals surface area contributed by atoms with E-state index in [0.717, 1.165) is 5.56 Å². The number of hydrogen-bond donors (Lipinski definition) is 0. The fourth-order valence-corrected chi connectivity index (χ4v) is 1.77. The van der Waals surface area contributed by atoms with Crippen molar-refractivity contribution in [2.75, 3.05) is 14.2 Å². The highest BCUT2D eigenvalue weighted by atomic mass is 35.5. The zero-order valence-corrected chi connectivity index (χ0v) is 11.1. The Labute approximate surface area is 107 Å². The van der Waals surface area contributed by atoms with E-state index < -0.39 is 0 Å². The molecule has 4 heteroatoms. The topological polar surface area (TPSA) is 35.5 Å². The first-order valence-corrected chi connectivity index (χ1v) is 5.81. The van der Waals surface area contributed by atoms with Crippen LogP contribution in [0.3, 0.4) is 0 Å². The fourth-order valence-electron chi connectivity index (χ4n) is 1.57. The average Bonchev–Trinajstić information content (AvgIpc) is 2.29. The maximum atomic E-state index is 11.8. The van der Waals surface area contributed by atoms with Crippen LogP contribution in [0.1, 0.15) is 18.9 Å². The summed E-state index contributed by atoms with van der Waals surface area (Å²) in [6.45, 7) is 1.87. The highest BCUT2D eigenvalue weighted by Gasteiger charge is 2.12. The van der Waals surface area contributed by atoms with Crippen molar-refractivity contribution in [3.8, 4) is 5.75 Å². The van der Waals surface area contributed by atoms with Crippen LogP contribution in [-0.2, 0) is 16.0 Å². The van der Waals surface area contributed by atoms with Gasteiger partial charge in [0.05, 0.1) is 13.2 Å². The zero-order chi connectivity index (χ0) is 12.8. The molecule has 1 unspecified atom stereocenters. The molecule has 3 nitrogen and oxygen atoms in total. The zero-order valence-electron chi connectivity index (χ0n) is 10.3. The average molecular weight is 257 g/mol. The van der Waals surface area contributed by atoms with E-state index in [2.05, 4.69) is 0 Å². The number of rotatable bonds is 6. The lowest BCUT2D eigenvalue weighted by molar-refractivity contribution is -0.120. The lowest BCUT2D eigenvalue weighted by atomic mass is 10.0. The van der Waals surface area contributed by atoms with Gasteiger partial charge in [0.15, 0.2) is 0 Å². The number of ether oxygens (including phenoxy) is 2. The first-order chi connectivity index (χ1) is 8.06. The Morgan fingerprint density at radius 1 is 1.41 bits per heavy atom. The van der Waals surface area contributed by atoms with Gasteiger partial charge < -0.3 is 9.47 Å². The van der Waals surface area contributed by atoms with Crippen LogP contribution in [0.5, 0.6) is 5.75 Å². The molecule has 0 amide bonds. The lowest BCUT2D eigenvalue weighted by Gasteiger charge is -2.10. The van der Waals surface area contributed by atoms with Gasteiger partial charge in [-0.25, -0.2) is 0 Å². The molecule has 17 heavy (non-hydrogen) atoms. The van der Waals surface area contributed by atoms with Crippen molar-refractivity contribution in [2.45, 2.75) is 25.9 Å². The summed E-state index contributed by atoms with van der Waals surface area (Å²) in [6.07, 6.45) is 0.650. The molecule has 1 aromatic rings. The van der Waals surface area contributed by atoms with E-state index in [0.29, 0.717) is 23.6 Å². The molecule has 0 saturated heterocycles. The van der Waals surface area contributed by atoms with Crippen LogP contribution < -0.4 is 4.74 Å². The maximum Gasteiger partial charge on any atom is 0.139 e. The van der Waals surface area contributed by atoms with E-state index in [9.17, 15) is 4.79 Å². The predicted octanol–water partition coefficient (Wildman–Crippen LogP) is 2.89. The molecule has 1 atom stereocenters. The Bertz CT molecular complexity index is 390. The molecule has 0 fully saturated rings. The maximum absolute atomic E-state index is 11.8. The van der Waals surface area contributed by atoms with Crippen LogP contribution in [0.2, 0.25) is 5.02 Å². The van der Waals surface area contributed by atoms with Crippen molar-refractivity contribution in [3.05, 3.63) is 28.8 Å². The van der Waals surface area contributed by atoms with Gasteiger partial charge in [-0.05, 0) is 25.1 Å². The summed E-state index contributed by atoms with van der Waals surface area (Å²) in [5.74, 6) is 0.799. The van der Waals surface area contributed by atoms with Gasteiger partial charge in [0.25, 0.3) is 0 Å². The van der Waals surface area contributed by atoms with E-state index in [1.807, 2.05) is 6.92 Å². The third-order valence-electron chi connectivity index (χ3n) is 2.55. The molecule has 0 bridgehead atoms. The summed E-state index contributed by atoms with van der Waals surface area (Å²) in [4.78, 5) is 11.8. The van der Waals surface area contributed by atoms with E-state index in [4.69, 9.17) is 21.1 Å². The Kier molecular flexibility index (Phi) is 5.45. The Hall–Kier alpha value is -1.06. The summed E-state index contributed by atoms with van der Waals surface area (Å²) >= 11 is 5.90. The third-order valence-corrected chi connectivity index (χ3v) is 2.78. The van der Waals surface area contributed by atoms with Gasteiger partial charge in [-0.2, -0.15) is 0 Å². The quantitative estimate of drug-likeness (QED) is 0.785. The molecule has 0 radical (unpaired) electrons. The van der Waals surface area contributed by atoms with Crippen LogP contribution in [0, 0.1) is 0 Å². The number of benzene rings is 1. The molecule has 0 heterocycles. The molecular weight excluding hydrogens is 240 g/mol. The molecule has 94 valence electrons. The third kappa shape index (κ3) is 4.36. The number of carbonyl (C=O) groups excluding carboxylic acids is 1. The molecule has 0 saturated carbocycles. The Balaban J connectivity index is 2.73. The van der Waals surface area contributed by atoms with Crippen LogP contribution in [-0.4, -0.2) is 26.1 Å². The summed E-state index contributed by atoms with van der Waals surface area (Å²) in [5.41, 5.74) is 0.813. The second-order valence-electron chi connectivity index (χ2n) is 3.92. The summed E-state index contributed by atoms with van der Waals surface area (Å²) in [7, 11) is 3.17. The standard InChI is InChI=1S/C13H17ClO3/c1-9(16-2)6-12(15)8-10-7-11(14)4-5-13(10)17-3/h4-5,7,9H,6,8H2,1-3H3. The van der Waals surface area contributed by atoms with E-state index in [1.54, 1.807) is 32.4 Å². The van der Waals surface area contributed by atoms with Gasteiger partial charge in [-0.1, -0.05) is 11.6 Å². The van der Waals surface area contributed by atoms with E-state index >= 15 is 0 Å². The predicted molar refractivity (Wildman–Crippen MR) is 67.8 cm³/mol. The SMILES string of the molecule is COc1ccc(Cl)cc1CC(=O)CC(C)OC. The van der Waals surface area contributed by atoms with Crippen molar-refractivity contribution >= 4 is 17.4 Å². The normalized spacial score (nSPS) is 12.2. The van der Waals surface area contributed by atoms with Crippen LogP contribution in [0.15, 0.2) is 18.2 Å². The smallest absolute Gasteiger partial charge is 0.139 e. The lowest BCUT2D eigenvalue weighted by Crippen LogP contribution is -2.14. The molecule has 1 rings (SSSR count). The first-order valence-electron chi connectivity index (χ1n) is 5.43. The van der Waals surface area contributed by atoms with Gasteiger partial charge >= 0.3 is 0 Å². The molecule has 0 spiro atoms. The molecule has 0 N–H and O–H groups in total. The van der Waals surface area contributed by atoms with Crippen LogP contribution >= 0.6 is 11.6 Å².